The van der Waals surface area contributed by atoms with Gasteiger partial charge in [-0.05, 0) is 129 Å². The van der Waals surface area contributed by atoms with Crippen LogP contribution in [-0.4, -0.2) is 76.1 Å². The Hall–Kier alpha value is -5.98. The molecule has 0 bridgehead atoms. The molecule has 4 rings (SSSR count). The van der Waals surface area contributed by atoms with Gasteiger partial charge in [-0.3, -0.25) is 0 Å². The molecule has 3 aromatic carbocycles. The summed E-state index contributed by atoms with van der Waals surface area (Å²) in [6.07, 6.45) is 12.3. The normalized spacial score (nSPS) is 14.6. The number of carbonyl (C=O) groups excluding carboxylic acids is 5. The van der Waals surface area contributed by atoms with Crippen LogP contribution in [0.4, 0.5) is 4.39 Å². The van der Waals surface area contributed by atoms with E-state index >= 15 is 4.39 Å². The molecule has 0 heterocycles. The van der Waals surface area contributed by atoms with E-state index in [0.29, 0.717) is 42.1 Å². The van der Waals surface area contributed by atoms with Crippen molar-refractivity contribution in [2.24, 2.45) is 11.3 Å². The number of unbranched alkanes of at least 4 members (excludes halogenated alkanes) is 2. The molecule has 1 fully saturated rings. The van der Waals surface area contributed by atoms with Crippen LogP contribution in [0.3, 0.4) is 0 Å². The van der Waals surface area contributed by atoms with Gasteiger partial charge in [0.25, 0.3) is 0 Å². The lowest BCUT2D eigenvalue weighted by Crippen LogP contribution is -2.44. The monoisotopic (exact) mass is 914 g/mol. The van der Waals surface area contributed by atoms with Crippen molar-refractivity contribution in [3.8, 4) is 28.0 Å². The maximum atomic E-state index is 16.0. The number of halogens is 1. The first-order valence-electron chi connectivity index (χ1n) is 23.2. The molecule has 12 nitrogen and oxygen atoms in total. The maximum absolute atomic E-state index is 16.0. The Morgan fingerprint density at radius 2 is 1.29 bits per heavy atom. The zero-order chi connectivity index (χ0) is 48.1. The number of benzene rings is 3. The summed E-state index contributed by atoms with van der Waals surface area (Å²) < 4.78 is 53.4. The Kier molecular flexibility index (Phi) is 21.4. The van der Waals surface area contributed by atoms with Crippen LogP contribution in [0.1, 0.15) is 115 Å². The molecule has 0 radical (unpaired) electrons. The van der Waals surface area contributed by atoms with Crippen LogP contribution in [0, 0.1) is 17.2 Å². The Labute approximate surface area is 389 Å². The maximum Gasteiger partial charge on any atom is 0.417 e. The van der Waals surface area contributed by atoms with Crippen LogP contribution < -0.4 is 4.74 Å². The number of aryl methyl sites for hydroxylation is 2. The summed E-state index contributed by atoms with van der Waals surface area (Å²) in [7, 11) is 0. The predicted molar refractivity (Wildman–Crippen MR) is 249 cm³/mol. The van der Waals surface area contributed by atoms with Crippen molar-refractivity contribution in [2.75, 3.05) is 46.2 Å². The van der Waals surface area contributed by atoms with Gasteiger partial charge in [0.05, 0.1) is 26.1 Å². The third-order valence-electron chi connectivity index (χ3n) is 11.8. The molecule has 0 unspecified atom stereocenters. The van der Waals surface area contributed by atoms with Gasteiger partial charge >= 0.3 is 29.8 Å². The fraction of sp³-hybridized carbons (Fsp3) is 0.491. The minimum atomic E-state index is -1.49. The molecule has 0 amide bonds. The Morgan fingerprint density at radius 1 is 0.682 bits per heavy atom. The van der Waals surface area contributed by atoms with E-state index in [-0.39, 0.29) is 44.4 Å². The van der Waals surface area contributed by atoms with Gasteiger partial charge in [0.1, 0.15) is 43.4 Å². The van der Waals surface area contributed by atoms with Gasteiger partial charge < -0.3 is 33.2 Å². The lowest BCUT2D eigenvalue weighted by Gasteiger charge is -2.32. The lowest BCUT2D eigenvalue weighted by molar-refractivity contribution is -0.176. The summed E-state index contributed by atoms with van der Waals surface area (Å²) in [4.78, 5) is 61.6. The molecule has 0 saturated heterocycles. The van der Waals surface area contributed by atoms with Gasteiger partial charge in [-0.25, -0.2) is 28.4 Å². The Balaban J connectivity index is 1.64. The zero-order valence-electron chi connectivity index (χ0n) is 39.3. The predicted octanol–water partition coefficient (Wildman–Crippen LogP) is 10.4. The summed E-state index contributed by atoms with van der Waals surface area (Å²) >= 11 is 0. The van der Waals surface area contributed by atoms with Gasteiger partial charge in [-0.2, -0.15) is 0 Å². The van der Waals surface area contributed by atoms with E-state index in [1.165, 1.54) is 52.4 Å². The molecule has 13 heteroatoms. The van der Waals surface area contributed by atoms with E-state index in [2.05, 4.69) is 26.1 Å². The molecule has 3 aromatic rings. The molecule has 66 heavy (non-hydrogen) atoms. The number of rotatable bonds is 25. The number of ether oxygens (including phenoxy) is 7. The quantitative estimate of drug-likeness (QED) is 0.0199. The van der Waals surface area contributed by atoms with E-state index in [9.17, 15) is 24.0 Å². The summed E-state index contributed by atoms with van der Waals surface area (Å²) in [6.45, 7) is 14.4. The molecule has 1 aliphatic rings. The minimum Gasteiger partial charge on any atom is -0.501 e. The van der Waals surface area contributed by atoms with Gasteiger partial charge in [-0.1, -0.05) is 89.1 Å². The van der Waals surface area contributed by atoms with Crippen LogP contribution in [0.25, 0.3) is 22.3 Å². The molecule has 1 aliphatic carbocycles. The molecule has 0 aromatic heterocycles. The van der Waals surface area contributed by atoms with Crippen LogP contribution in [-0.2, 0) is 65.2 Å². The van der Waals surface area contributed by atoms with Crippen molar-refractivity contribution in [1.82, 2.24) is 0 Å². The molecular formula is C53H67FO12. The second-order valence-electron chi connectivity index (χ2n) is 16.9. The van der Waals surface area contributed by atoms with E-state index < -0.39 is 48.5 Å². The summed E-state index contributed by atoms with van der Waals surface area (Å²) in [5.74, 6) is -4.24. The second kappa shape index (κ2) is 26.9. The molecular weight excluding hydrogens is 848 g/mol. The number of hydrogen-bond donors (Lipinski definition) is 0. The van der Waals surface area contributed by atoms with Gasteiger partial charge in [-0.15, -0.1) is 0 Å². The van der Waals surface area contributed by atoms with Crippen molar-refractivity contribution in [2.45, 2.75) is 111 Å². The smallest absolute Gasteiger partial charge is 0.417 e. The minimum absolute atomic E-state index is 0.0691. The topological polar surface area (TPSA) is 150 Å². The lowest BCUT2D eigenvalue weighted by atomic mass is 9.77. The summed E-state index contributed by atoms with van der Waals surface area (Å²) in [5, 5.41) is 0. The summed E-state index contributed by atoms with van der Waals surface area (Å²) in [6, 6.07) is 17.3. The first-order chi connectivity index (χ1) is 31.8. The molecule has 0 atom stereocenters. The highest BCUT2D eigenvalue weighted by molar-refractivity contribution is 6.30. The van der Waals surface area contributed by atoms with E-state index in [4.69, 9.17) is 33.2 Å². The van der Waals surface area contributed by atoms with E-state index in [1.807, 2.05) is 43.3 Å². The standard InChI is InChI=1S/C53H67FO12/c1-8-13-14-16-37-18-20-39(21-19-37)40-22-26-45(46(54)31-40)42-23-25-44(38(9-2)29-42)41-24-27-47(43(30-41)17-15-28-63-48(55)36(6)7)64-33-53(32-60-10-3,34-65-51(58)49(56)61-11-4)35-66-52(59)50(57)62-12-5/h10,22-27,29-31,37,39H,3,6,8-9,11-21,28,32-35H2,1-2,4-5,7H3. The highest BCUT2D eigenvalue weighted by Gasteiger charge is 2.38. The van der Waals surface area contributed by atoms with Gasteiger partial charge in [0, 0.05) is 11.1 Å². The van der Waals surface area contributed by atoms with Crippen molar-refractivity contribution >= 4 is 29.8 Å². The van der Waals surface area contributed by atoms with Crippen LogP contribution in [0.15, 0.2) is 79.6 Å². The molecule has 358 valence electrons. The van der Waals surface area contributed by atoms with Crippen molar-refractivity contribution in [1.29, 1.82) is 0 Å². The average molecular weight is 915 g/mol. The fourth-order valence-corrected chi connectivity index (χ4v) is 8.11. The third kappa shape index (κ3) is 15.6. The first kappa shape index (κ1) is 52.6. The SMILES string of the molecule is C=COCC(COC(=O)C(=O)OCC)(COC(=O)C(=O)OCC)COc1ccc(-c2ccc(-c3ccc(C4CCC(CCCCC)CC4)cc3F)cc2CC)cc1CCCOC(=O)C(=C)C. The zero-order valence-corrected chi connectivity index (χ0v) is 39.3. The van der Waals surface area contributed by atoms with Crippen LogP contribution in [0.2, 0.25) is 0 Å². The summed E-state index contributed by atoms with van der Waals surface area (Å²) in [5.41, 5.74) is 4.68. The first-order valence-corrected chi connectivity index (χ1v) is 23.2. The molecule has 0 aliphatic heterocycles. The molecule has 0 N–H and O–H groups in total. The number of carbonyl (C=O) groups is 5. The second-order valence-corrected chi connectivity index (χ2v) is 16.9. The van der Waals surface area contributed by atoms with E-state index in [1.54, 1.807) is 19.1 Å². The number of hydrogen-bond acceptors (Lipinski definition) is 12. The third-order valence-corrected chi connectivity index (χ3v) is 11.8. The fourth-order valence-electron chi connectivity index (χ4n) is 8.11. The molecule has 0 spiro atoms. The van der Waals surface area contributed by atoms with Crippen molar-refractivity contribution < 1.29 is 61.5 Å². The van der Waals surface area contributed by atoms with Crippen molar-refractivity contribution in [3.05, 3.63) is 102 Å². The number of esters is 5. The van der Waals surface area contributed by atoms with Gasteiger partial charge in [0.15, 0.2) is 0 Å². The molecule has 1 saturated carbocycles. The largest absolute Gasteiger partial charge is 0.501 e. The van der Waals surface area contributed by atoms with Crippen molar-refractivity contribution in [3.63, 3.8) is 0 Å². The Bertz CT molecular complexity index is 2100. The Morgan fingerprint density at radius 3 is 1.88 bits per heavy atom. The van der Waals surface area contributed by atoms with Gasteiger partial charge in [0.2, 0.25) is 0 Å². The average Bonchev–Trinajstić information content (AvgIpc) is 3.32. The highest BCUT2D eigenvalue weighted by Crippen LogP contribution is 2.40. The highest BCUT2D eigenvalue weighted by atomic mass is 19.1. The van der Waals surface area contributed by atoms with Crippen LogP contribution >= 0.6 is 0 Å². The van der Waals surface area contributed by atoms with E-state index in [0.717, 1.165) is 52.8 Å². The van der Waals surface area contributed by atoms with Crippen LogP contribution in [0.5, 0.6) is 5.75 Å².